The summed E-state index contributed by atoms with van der Waals surface area (Å²) in [7, 11) is -3.57. The lowest BCUT2D eigenvalue weighted by atomic mass is 10.2. The topological polar surface area (TPSA) is 73.9 Å². The second-order valence-corrected chi connectivity index (χ2v) is 9.08. The zero-order valence-electron chi connectivity index (χ0n) is 16.9. The van der Waals surface area contributed by atoms with Crippen LogP contribution < -0.4 is 15.4 Å². The highest BCUT2D eigenvalue weighted by Gasteiger charge is 2.30. The lowest BCUT2D eigenvalue weighted by Crippen LogP contribution is -2.20. The minimum absolute atomic E-state index is 0.219. The second kappa shape index (κ2) is 11.5. The van der Waals surface area contributed by atoms with Crippen LogP contribution in [0.4, 0.5) is 5.69 Å². The first-order valence-electron chi connectivity index (χ1n) is 9.67. The normalized spacial score (nSPS) is 11.3. The summed E-state index contributed by atoms with van der Waals surface area (Å²) >= 11 is 3.38. The summed E-state index contributed by atoms with van der Waals surface area (Å²) in [6, 6.07) is 12.0. The average Bonchev–Trinajstić information content (AvgIpc) is 2.70. The first-order chi connectivity index (χ1) is 13.9. The maximum absolute atomic E-state index is 13.2. The third-order valence-corrected chi connectivity index (χ3v) is 6.63. The van der Waals surface area contributed by atoms with Gasteiger partial charge in [0.25, 0.3) is 5.91 Å². The number of anilines is 1. The van der Waals surface area contributed by atoms with E-state index in [2.05, 4.69) is 28.2 Å². The van der Waals surface area contributed by atoms with Gasteiger partial charge in [-0.3, -0.25) is 9.36 Å². The lowest BCUT2D eigenvalue weighted by molar-refractivity contribution is 0.102. The van der Waals surface area contributed by atoms with Gasteiger partial charge in [0, 0.05) is 10.0 Å². The van der Waals surface area contributed by atoms with E-state index in [1.54, 1.807) is 56.3 Å². The third-order valence-electron chi connectivity index (χ3n) is 3.98. The fourth-order valence-corrected chi connectivity index (χ4v) is 4.88. The van der Waals surface area contributed by atoms with Gasteiger partial charge >= 0.3 is 7.60 Å². The Bertz CT molecular complexity index is 847. The molecular weight excluding hydrogens is 457 g/mol. The molecule has 0 unspecified atom stereocenters. The molecule has 2 aromatic rings. The van der Waals surface area contributed by atoms with Crippen molar-refractivity contribution in [1.82, 2.24) is 0 Å². The molecule has 158 valence electrons. The predicted molar refractivity (Wildman–Crippen MR) is 119 cm³/mol. The van der Waals surface area contributed by atoms with Gasteiger partial charge in [0.15, 0.2) is 0 Å². The van der Waals surface area contributed by atoms with E-state index >= 15 is 0 Å². The first-order valence-corrected chi connectivity index (χ1v) is 12.0. The van der Waals surface area contributed by atoms with Crippen LogP contribution in [0.25, 0.3) is 0 Å². The third kappa shape index (κ3) is 6.68. The maximum Gasteiger partial charge on any atom is 0.363 e. The van der Waals surface area contributed by atoms with Crippen LogP contribution in [0.5, 0.6) is 5.75 Å². The van der Waals surface area contributed by atoms with Gasteiger partial charge in [0.2, 0.25) is 0 Å². The van der Waals surface area contributed by atoms with Crippen LogP contribution in [-0.2, 0) is 13.6 Å². The quantitative estimate of drug-likeness (QED) is 0.324. The second-order valence-electron chi connectivity index (χ2n) is 6.18. The summed E-state index contributed by atoms with van der Waals surface area (Å²) in [6.45, 7) is 6.67. The number of amides is 1. The van der Waals surface area contributed by atoms with Crippen LogP contribution in [0.15, 0.2) is 46.9 Å². The van der Waals surface area contributed by atoms with Crippen molar-refractivity contribution in [3.63, 3.8) is 0 Å². The Kier molecular flexibility index (Phi) is 9.37. The average molecular weight is 484 g/mol. The van der Waals surface area contributed by atoms with E-state index < -0.39 is 7.60 Å². The minimum atomic E-state index is -3.57. The zero-order valence-corrected chi connectivity index (χ0v) is 19.4. The van der Waals surface area contributed by atoms with E-state index in [-0.39, 0.29) is 19.1 Å². The monoisotopic (exact) mass is 483 g/mol. The Labute approximate surface area is 180 Å². The van der Waals surface area contributed by atoms with Crippen molar-refractivity contribution in [1.29, 1.82) is 0 Å². The molecule has 29 heavy (non-hydrogen) atoms. The van der Waals surface area contributed by atoms with Gasteiger partial charge in [-0.05, 0) is 62.7 Å². The summed E-state index contributed by atoms with van der Waals surface area (Å²) in [4.78, 5) is 12.7. The molecule has 2 rings (SSSR count). The van der Waals surface area contributed by atoms with Gasteiger partial charge in [-0.2, -0.15) is 0 Å². The van der Waals surface area contributed by atoms with Gasteiger partial charge in [0.1, 0.15) is 5.75 Å². The number of nitrogens with one attached hydrogen (secondary N) is 1. The highest BCUT2D eigenvalue weighted by Crippen LogP contribution is 2.49. The highest BCUT2D eigenvalue weighted by molar-refractivity contribution is 9.10. The summed E-state index contributed by atoms with van der Waals surface area (Å²) < 4.78 is 30.5. The number of unbranched alkanes of at least 4 members (excludes halogenated alkanes) is 1. The summed E-state index contributed by atoms with van der Waals surface area (Å²) in [5.74, 6) is 0.393. The molecule has 0 saturated heterocycles. The Hall–Kier alpha value is -1.66. The van der Waals surface area contributed by atoms with Crippen LogP contribution in [0.3, 0.4) is 0 Å². The molecule has 1 amide bonds. The molecule has 0 saturated carbocycles. The number of ether oxygens (including phenoxy) is 1. The van der Waals surface area contributed by atoms with Crippen molar-refractivity contribution < 1.29 is 23.1 Å². The van der Waals surface area contributed by atoms with Gasteiger partial charge < -0.3 is 19.1 Å². The maximum atomic E-state index is 13.2. The van der Waals surface area contributed by atoms with Gasteiger partial charge in [-0.25, -0.2) is 0 Å². The molecule has 0 aromatic heterocycles. The molecule has 8 heteroatoms. The number of carbonyl (C=O) groups excluding carboxylic acids is 1. The molecule has 2 aromatic carbocycles. The first kappa shape index (κ1) is 23.6. The van der Waals surface area contributed by atoms with E-state index in [9.17, 15) is 9.36 Å². The SMILES string of the molecule is CCCCOc1ccc(C(=O)Nc2ccc(Br)cc2P(=O)(OCC)OCC)cc1. The number of benzene rings is 2. The molecule has 0 spiro atoms. The highest BCUT2D eigenvalue weighted by atomic mass is 79.9. The summed E-state index contributed by atoms with van der Waals surface area (Å²) in [5, 5.41) is 3.12. The zero-order chi connectivity index (χ0) is 21.3. The Morgan fingerprint density at radius 3 is 2.28 bits per heavy atom. The molecule has 1 N–H and O–H groups in total. The fourth-order valence-electron chi connectivity index (χ4n) is 2.58. The van der Waals surface area contributed by atoms with Crippen molar-refractivity contribution >= 4 is 40.4 Å². The molecule has 0 aliphatic rings. The molecule has 6 nitrogen and oxygen atoms in total. The van der Waals surface area contributed by atoms with Crippen molar-refractivity contribution in [3.8, 4) is 5.75 Å². The molecule has 0 fully saturated rings. The van der Waals surface area contributed by atoms with Crippen molar-refractivity contribution in [3.05, 3.63) is 52.5 Å². The van der Waals surface area contributed by atoms with E-state index in [1.807, 2.05) is 0 Å². The standard InChI is InChI=1S/C21H27BrNO5P/c1-4-7-14-26-18-11-8-16(9-12-18)21(24)23-19-13-10-17(22)15-20(19)29(25,27-5-2)28-6-3/h8-13,15H,4-7,14H2,1-3H3,(H,23,24). The fraction of sp³-hybridized carbons (Fsp3) is 0.381. The predicted octanol–water partition coefficient (Wildman–Crippen LogP) is 5.77. The number of carbonyl (C=O) groups is 1. The van der Waals surface area contributed by atoms with Crippen LogP contribution in [-0.4, -0.2) is 25.7 Å². The van der Waals surface area contributed by atoms with Gasteiger partial charge in [-0.1, -0.05) is 29.3 Å². The summed E-state index contributed by atoms with van der Waals surface area (Å²) in [6.07, 6.45) is 2.04. The largest absolute Gasteiger partial charge is 0.494 e. The molecule has 0 aliphatic carbocycles. The van der Waals surface area contributed by atoms with E-state index in [0.717, 1.165) is 18.6 Å². The molecule has 0 aliphatic heterocycles. The number of rotatable bonds is 11. The molecular formula is C21H27BrNO5P. The number of hydrogen-bond donors (Lipinski definition) is 1. The van der Waals surface area contributed by atoms with E-state index in [4.69, 9.17) is 13.8 Å². The van der Waals surface area contributed by atoms with Crippen LogP contribution >= 0.6 is 23.5 Å². The van der Waals surface area contributed by atoms with Crippen molar-refractivity contribution in [2.75, 3.05) is 25.1 Å². The Morgan fingerprint density at radius 1 is 1.03 bits per heavy atom. The van der Waals surface area contributed by atoms with Crippen molar-refractivity contribution in [2.45, 2.75) is 33.6 Å². The Balaban J connectivity index is 2.23. The number of hydrogen-bond acceptors (Lipinski definition) is 5. The Morgan fingerprint density at radius 2 is 1.69 bits per heavy atom. The molecule has 0 heterocycles. The van der Waals surface area contributed by atoms with E-state index in [0.29, 0.717) is 27.6 Å². The van der Waals surface area contributed by atoms with Gasteiger partial charge in [-0.15, -0.1) is 0 Å². The molecule has 0 atom stereocenters. The van der Waals surface area contributed by atoms with Crippen molar-refractivity contribution in [2.24, 2.45) is 0 Å². The van der Waals surface area contributed by atoms with Crippen LogP contribution in [0.1, 0.15) is 44.0 Å². The van der Waals surface area contributed by atoms with Crippen LogP contribution in [0.2, 0.25) is 0 Å². The van der Waals surface area contributed by atoms with Gasteiger partial charge in [0.05, 0.1) is 30.8 Å². The lowest BCUT2D eigenvalue weighted by Gasteiger charge is -2.20. The molecule has 0 radical (unpaired) electrons. The van der Waals surface area contributed by atoms with Crippen LogP contribution in [0, 0.1) is 0 Å². The molecule has 0 bridgehead atoms. The summed E-state index contributed by atoms with van der Waals surface area (Å²) in [5.41, 5.74) is 0.844. The van der Waals surface area contributed by atoms with E-state index in [1.165, 1.54) is 0 Å². The smallest absolute Gasteiger partial charge is 0.363 e. The minimum Gasteiger partial charge on any atom is -0.494 e. The number of halogens is 1.